The summed E-state index contributed by atoms with van der Waals surface area (Å²) < 4.78 is 6.18. The molecule has 9 nitrogen and oxygen atoms in total. The Kier molecular flexibility index (Phi) is 6.87. The Morgan fingerprint density at radius 3 is 2.65 bits per heavy atom. The fourth-order valence-electron chi connectivity index (χ4n) is 2.89. The van der Waals surface area contributed by atoms with Gasteiger partial charge in [-0.25, -0.2) is 9.78 Å². The lowest BCUT2D eigenvalue weighted by atomic mass is 10.3. The number of hydrogen-bond acceptors (Lipinski definition) is 7. The Morgan fingerprint density at radius 2 is 1.94 bits per heavy atom. The average molecular weight is 460 g/mol. The largest absolute Gasteiger partial charge is 0.390 e. The molecule has 3 heterocycles. The zero-order valence-electron chi connectivity index (χ0n) is 16.5. The van der Waals surface area contributed by atoms with Crippen molar-refractivity contribution in [2.75, 3.05) is 36.9 Å². The lowest BCUT2D eigenvalue weighted by Gasteiger charge is -2.26. The highest BCUT2D eigenvalue weighted by molar-refractivity contribution is 8.01. The molecule has 0 bridgehead atoms. The molecule has 4 rings (SSSR count). The van der Waals surface area contributed by atoms with E-state index in [0.29, 0.717) is 42.8 Å². The number of thiazole rings is 1. The highest BCUT2D eigenvalue weighted by atomic mass is 32.2. The van der Waals surface area contributed by atoms with Crippen LogP contribution < -0.4 is 10.6 Å². The van der Waals surface area contributed by atoms with Crippen molar-refractivity contribution in [2.45, 2.75) is 15.7 Å². The fraction of sp³-hybridized carbons (Fsp3) is 0.250. The van der Waals surface area contributed by atoms with E-state index in [2.05, 4.69) is 20.6 Å². The zero-order chi connectivity index (χ0) is 21.6. The van der Waals surface area contributed by atoms with Gasteiger partial charge in [-0.2, -0.15) is 0 Å². The van der Waals surface area contributed by atoms with Crippen LogP contribution in [0.4, 0.5) is 15.6 Å². The number of aromatic amines is 1. The van der Waals surface area contributed by atoms with Gasteiger partial charge in [-0.1, -0.05) is 23.1 Å². The van der Waals surface area contributed by atoms with Crippen LogP contribution in [0.15, 0.2) is 51.7 Å². The van der Waals surface area contributed by atoms with Crippen LogP contribution >= 0.6 is 23.1 Å². The standard InChI is InChI=1S/C20H21N5O4S2/c26-12-14-3-6-16(22-14)18(27)24-19-21-11-17(31-19)30-15-4-1-13(2-5-15)23-20(28)25-7-9-29-10-8-25/h1-6,11,22,26H,7-10,12H2,(H,23,28)(H,21,24,27). The number of aliphatic hydroxyl groups is 1. The van der Waals surface area contributed by atoms with Crippen molar-refractivity contribution < 1.29 is 19.4 Å². The van der Waals surface area contributed by atoms with Crippen molar-refractivity contribution in [1.82, 2.24) is 14.9 Å². The minimum atomic E-state index is -0.314. The number of carbonyl (C=O) groups excluding carboxylic acids is 2. The molecule has 0 atom stereocenters. The number of H-pyrrole nitrogens is 1. The number of rotatable bonds is 6. The van der Waals surface area contributed by atoms with E-state index in [0.717, 1.165) is 14.8 Å². The first kappa shape index (κ1) is 21.4. The molecular formula is C20H21N5O4S2. The fourth-order valence-corrected chi connectivity index (χ4v) is 4.73. The van der Waals surface area contributed by atoms with Crippen LogP contribution in [-0.2, 0) is 11.3 Å². The number of hydrogen-bond donors (Lipinski definition) is 4. The van der Waals surface area contributed by atoms with Gasteiger partial charge in [0.15, 0.2) is 5.13 Å². The van der Waals surface area contributed by atoms with Gasteiger partial charge < -0.3 is 25.0 Å². The summed E-state index contributed by atoms with van der Waals surface area (Å²) in [5.41, 5.74) is 1.67. The maximum absolute atomic E-state index is 12.3. The summed E-state index contributed by atoms with van der Waals surface area (Å²) in [5, 5.41) is 15.2. The second-order valence-electron chi connectivity index (χ2n) is 6.65. The third kappa shape index (κ3) is 5.64. The summed E-state index contributed by atoms with van der Waals surface area (Å²) >= 11 is 2.88. The van der Waals surface area contributed by atoms with Gasteiger partial charge in [-0.15, -0.1) is 0 Å². The van der Waals surface area contributed by atoms with Crippen molar-refractivity contribution in [1.29, 1.82) is 0 Å². The summed E-state index contributed by atoms with van der Waals surface area (Å²) in [6.07, 6.45) is 1.70. The molecule has 0 radical (unpaired) electrons. The molecule has 1 saturated heterocycles. The third-order valence-electron chi connectivity index (χ3n) is 4.49. The van der Waals surface area contributed by atoms with E-state index < -0.39 is 0 Å². The van der Waals surface area contributed by atoms with Crippen molar-refractivity contribution >= 4 is 45.9 Å². The lowest BCUT2D eigenvalue weighted by Crippen LogP contribution is -2.43. The van der Waals surface area contributed by atoms with Crippen LogP contribution in [0.25, 0.3) is 0 Å². The minimum absolute atomic E-state index is 0.125. The molecule has 0 unspecified atom stereocenters. The third-order valence-corrected chi connectivity index (χ3v) is 6.51. The lowest BCUT2D eigenvalue weighted by molar-refractivity contribution is 0.0564. The Morgan fingerprint density at radius 1 is 1.16 bits per heavy atom. The molecule has 0 aliphatic carbocycles. The average Bonchev–Trinajstić information content (AvgIpc) is 3.45. The minimum Gasteiger partial charge on any atom is -0.390 e. The van der Waals surface area contributed by atoms with Crippen molar-refractivity contribution in [3.63, 3.8) is 0 Å². The smallest absolute Gasteiger partial charge is 0.321 e. The van der Waals surface area contributed by atoms with E-state index in [9.17, 15) is 9.59 Å². The molecule has 0 saturated carbocycles. The van der Waals surface area contributed by atoms with E-state index in [1.54, 1.807) is 23.2 Å². The van der Waals surface area contributed by atoms with E-state index in [1.807, 2.05) is 24.3 Å². The molecule has 162 valence electrons. The van der Waals surface area contributed by atoms with Crippen LogP contribution in [-0.4, -0.2) is 58.2 Å². The molecule has 4 N–H and O–H groups in total. The van der Waals surface area contributed by atoms with Crippen LogP contribution in [0, 0.1) is 0 Å². The van der Waals surface area contributed by atoms with E-state index in [4.69, 9.17) is 9.84 Å². The molecule has 1 fully saturated rings. The van der Waals surface area contributed by atoms with Crippen molar-refractivity contribution in [2.24, 2.45) is 0 Å². The molecule has 11 heteroatoms. The van der Waals surface area contributed by atoms with Crippen molar-refractivity contribution in [3.05, 3.63) is 54.0 Å². The Hall–Kier alpha value is -2.86. The molecule has 3 aromatic rings. The quantitative estimate of drug-likeness (QED) is 0.449. The number of aromatic nitrogens is 2. The monoisotopic (exact) mass is 459 g/mol. The number of nitrogens with one attached hydrogen (secondary N) is 3. The molecule has 1 aromatic carbocycles. The second kappa shape index (κ2) is 9.96. The van der Waals surface area contributed by atoms with Gasteiger partial charge in [-0.3, -0.25) is 10.1 Å². The summed E-state index contributed by atoms with van der Waals surface area (Å²) in [4.78, 5) is 34.3. The maximum Gasteiger partial charge on any atom is 0.321 e. The Labute approximate surface area is 186 Å². The van der Waals surface area contributed by atoms with Crippen LogP contribution in [0.1, 0.15) is 16.2 Å². The molecule has 31 heavy (non-hydrogen) atoms. The summed E-state index contributed by atoms with van der Waals surface area (Å²) in [7, 11) is 0. The number of nitrogens with zero attached hydrogens (tertiary/aromatic N) is 2. The number of aliphatic hydroxyl groups excluding tert-OH is 1. The highest BCUT2D eigenvalue weighted by Gasteiger charge is 2.17. The summed E-state index contributed by atoms with van der Waals surface area (Å²) in [6.45, 7) is 2.16. The van der Waals surface area contributed by atoms with Crippen LogP contribution in [0.2, 0.25) is 0 Å². The van der Waals surface area contributed by atoms with Gasteiger partial charge in [0.2, 0.25) is 0 Å². The first-order chi connectivity index (χ1) is 15.1. The highest BCUT2D eigenvalue weighted by Crippen LogP contribution is 2.34. The SMILES string of the molecule is O=C(Nc1ncc(Sc2ccc(NC(=O)N3CCOCC3)cc2)s1)c1ccc(CO)[nH]1. The first-order valence-corrected chi connectivity index (χ1v) is 11.2. The molecule has 2 aromatic heterocycles. The number of amides is 3. The number of benzene rings is 1. The number of morpholine rings is 1. The van der Waals surface area contributed by atoms with Crippen LogP contribution in [0.3, 0.4) is 0 Å². The summed E-state index contributed by atoms with van der Waals surface area (Å²) in [6, 6.07) is 10.7. The maximum atomic E-state index is 12.3. The van der Waals surface area contributed by atoms with Gasteiger partial charge >= 0.3 is 6.03 Å². The second-order valence-corrected chi connectivity index (χ2v) is 9.05. The van der Waals surface area contributed by atoms with E-state index >= 15 is 0 Å². The molecule has 0 spiro atoms. The summed E-state index contributed by atoms with van der Waals surface area (Å²) in [5.74, 6) is -0.314. The molecule has 1 aliphatic rings. The van der Waals surface area contributed by atoms with E-state index in [1.165, 1.54) is 23.1 Å². The molecule has 1 aliphatic heterocycles. The number of carbonyl (C=O) groups is 2. The van der Waals surface area contributed by atoms with E-state index in [-0.39, 0.29) is 18.5 Å². The Balaban J connectivity index is 1.31. The predicted molar refractivity (Wildman–Crippen MR) is 119 cm³/mol. The number of urea groups is 1. The van der Waals surface area contributed by atoms with Crippen LogP contribution in [0.5, 0.6) is 0 Å². The predicted octanol–water partition coefficient (Wildman–Crippen LogP) is 3.23. The Bertz CT molecular complexity index is 1040. The van der Waals surface area contributed by atoms with Gasteiger partial charge in [0, 0.05) is 29.4 Å². The molecule has 3 amide bonds. The topological polar surface area (TPSA) is 120 Å². The normalized spacial score (nSPS) is 13.8. The van der Waals surface area contributed by atoms with Crippen molar-refractivity contribution in [3.8, 4) is 0 Å². The van der Waals surface area contributed by atoms with Gasteiger partial charge in [0.25, 0.3) is 5.91 Å². The molecular weight excluding hydrogens is 438 g/mol. The van der Waals surface area contributed by atoms with Gasteiger partial charge in [0.05, 0.1) is 30.2 Å². The first-order valence-electron chi connectivity index (χ1n) is 9.58. The van der Waals surface area contributed by atoms with Gasteiger partial charge in [0.1, 0.15) is 5.69 Å². The van der Waals surface area contributed by atoms with Gasteiger partial charge in [-0.05, 0) is 36.4 Å². The number of ether oxygens (including phenoxy) is 1. The zero-order valence-corrected chi connectivity index (χ0v) is 18.1. The number of anilines is 2.